The first-order valence-electron chi connectivity index (χ1n) is 5.48. The monoisotopic (exact) mass is 298 g/mol. The molecule has 1 unspecified atom stereocenters. The van der Waals surface area contributed by atoms with E-state index >= 15 is 0 Å². The van der Waals surface area contributed by atoms with E-state index in [1.807, 2.05) is 17.9 Å². The molecule has 0 aromatic carbocycles. The van der Waals surface area contributed by atoms with E-state index in [4.69, 9.17) is 5.73 Å². The Hall–Kier alpha value is -1.14. The summed E-state index contributed by atoms with van der Waals surface area (Å²) < 4.78 is 0.894. The number of carbonyl (C=O) groups is 1. The minimum Gasteiger partial charge on any atom is -0.368 e. The molecule has 0 spiro atoms. The lowest BCUT2D eigenvalue weighted by molar-refractivity contribution is -0.119. The standard InChI is InChI=1S/C11H15BrN4O/c1-7-4-8(12)11(15-5-7)16-3-2-14-6-9(16)10(13)17/h4-5,9,14H,2-3,6H2,1H3,(H2,13,17). The number of nitrogens with two attached hydrogens (primary N) is 1. The topological polar surface area (TPSA) is 71.2 Å². The Bertz CT molecular complexity index is 437. The number of nitrogens with zero attached hydrogens (tertiary/aromatic N) is 2. The predicted molar refractivity (Wildman–Crippen MR) is 69.9 cm³/mol. The number of aryl methyl sites for hydroxylation is 1. The first-order valence-corrected chi connectivity index (χ1v) is 6.27. The van der Waals surface area contributed by atoms with Gasteiger partial charge in [-0.25, -0.2) is 4.98 Å². The average molecular weight is 299 g/mol. The van der Waals surface area contributed by atoms with Crippen molar-refractivity contribution in [3.8, 4) is 0 Å². The maximum absolute atomic E-state index is 11.4. The highest BCUT2D eigenvalue weighted by molar-refractivity contribution is 9.10. The van der Waals surface area contributed by atoms with Crippen molar-refractivity contribution in [1.29, 1.82) is 0 Å². The summed E-state index contributed by atoms with van der Waals surface area (Å²) in [6.45, 7) is 4.09. The van der Waals surface area contributed by atoms with Crippen molar-refractivity contribution in [1.82, 2.24) is 10.3 Å². The van der Waals surface area contributed by atoms with Crippen molar-refractivity contribution in [2.75, 3.05) is 24.5 Å². The van der Waals surface area contributed by atoms with Crippen LogP contribution in [0.2, 0.25) is 0 Å². The fraction of sp³-hybridized carbons (Fsp3) is 0.455. The maximum atomic E-state index is 11.4. The number of rotatable bonds is 2. The summed E-state index contributed by atoms with van der Waals surface area (Å²) in [5.41, 5.74) is 6.49. The molecule has 6 heteroatoms. The molecule has 5 nitrogen and oxygen atoms in total. The Labute approximate surface area is 109 Å². The van der Waals surface area contributed by atoms with E-state index < -0.39 is 0 Å². The van der Waals surface area contributed by atoms with E-state index in [2.05, 4.69) is 26.2 Å². The van der Waals surface area contributed by atoms with Crippen LogP contribution in [0.1, 0.15) is 5.56 Å². The van der Waals surface area contributed by atoms with Crippen LogP contribution < -0.4 is 16.0 Å². The van der Waals surface area contributed by atoms with Crippen LogP contribution in [0.15, 0.2) is 16.7 Å². The molecule has 2 heterocycles. The lowest BCUT2D eigenvalue weighted by Crippen LogP contribution is -2.57. The SMILES string of the molecule is Cc1cnc(N2CCNCC2C(N)=O)c(Br)c1. The van der Waals surface area contributed by atoms with E-state index in [9.17, 15) is 4.79 Å². The molecule has 0 radical (unpaired) electrons. The third-order valence-electron chi connectivity index (χ3n) is 2.80. The third kappa shape index (κ3) is 2.58. The summed E-state index contributed by atoms with van der Waals surface area (Å²) in [4.78, 5) is 17.7. The van der Waals surface area contributed by atoms with Gasteiger partial charge in [0.1, 0.15) is 11.9 Å². The second-order valence-corrected chi connectivity index (χ2v) is 4.99. The second kappa shape index (κ2) is 5.01. The highest BCUT2D eigenvalue weighted by atomic mass is 79.9. The molecule has 2 rings (SSSR count). The molecular formula is C11H15BrN4O. The van der Waals surface area contributed by atoms with Crippen LogP contribution in [0, 0.1) is 6.92 Å². The van der Waals surface area contributed by atoms with Gasteiger partial charge in [0, 0.05) is 25.8 Å². The Morgan fingerprint density at radius 2 is 2.47 bits per heavy atom. The normalized spacial score (nSPS) is 20.4. The molecule has 1 amide bonds. The number of halogens is 1. The van der Waals surface area contributed by atoms with E-state index in [1.54, 1.807) is 6.20 Å². The lowest BCUT2D eigenvalue weighted by atomic mass is 10.1. The van der Waals surface area contributed by atoms with Gasteiger partial charge in [0.05, 0.1) is 4.47 Å². The highest BCUT2D eigenvalue weighted by Crippen LogP contribution is 2.26. The van der Waals surface area contributed by atoms with Gasteiger partial charge in [-0.05, 0) is 34.5 Å². The number of carbonyl (C=O) groups excluding carboxylic acids is 1. The number of hydrogen-bond donors (Lipinski definition) is 2. The molecule has 1 saturated heterocycles. The molecule has 1 atom stereocenters. The zero-order valence-electron chi connectivity index (χ0n) is 9.61. The van der Waals surface area contributed by atoms with E-state index in [-0.39, 0.29) is 11.9 Å². The number of nitrogens with one attached hydrogen (secondary N) is 1. The van der Waals surface area contributed by atoms with E-state index in [1.165, 1.54) is 0 Å². The minimum atomic E-state index is -0.338. The maximum Gasteiger partial charge on any atom is 0.241 e. The lowest BCUT2D eigenvalue weighted by Gasteiger charge is -2.35. The van der Waals surface area contributed by atoms with Crippen molar-refractivity contribution < 1.29 is 4.79 Å². The van der Waals surface area contributed by atoms with Crippen LogP contribution in [0.25, 0.3) is 0 Å². The van der Waals surface area contributed by atoms with Gasteiger partial charge in [-0.1, -0.05) is 0 Å². The van der Waals surface area contributed by atoms with Gasteiger partial charge < -0.3 is 16.0 Å². The van der Waals surface area contributed by atoms with Crippen molar-refractivity contribution in [3.63, 3.8) is 0 Å². The average Bonchev–Trinajstić information content (AvgIpc) is 2.29. The van der Waals surface area contributed by atoms with Crippen molar-refractivity contribution in [2.24, 2.45) is 5.73 Å². The molecule has 3 N–H and O–H groups in total. The molecular weight excluding hydrogens is 284 g/mol. The van der Waals surface area contributed by atoms with Crippen LogP contribution in [0.3, 0.4) is 0 Å². The molecule has 0 saturated carbocycles. The molecule has 17 heavy (non-hydrogen) atoms. The Morgan fingerprint density at radius 1 is 1.71 bits per heavy atom. The van der Waals surface area contributed by atoms with Crippen molar-refractivity contribution >= 4 is 27.7 Å². The third-order valence-corrected chi connectivity index (χ3v) is 3.39. The zero-order chi connectivity index (χ0) is 12.4. The number of hydrogen-bond acceptors (Lipinski definition) is 4. The fourth-order valence-corrected chi connectivity index (χ4v) is 2.64. The summed E-state index contributed by atoms with van der Waals surface area (Å²) in [6.07, 6.45) is 1.79. The van der Waals surface area contributed by atoms with E-state index in [0.29, 0.717) is 6.54 Å². The van der Waals surface area contributed by atoms with Crippen LogP contribution in [0.4, 0.5) is 5.82 Å². The molecule has 1 aliphatic heterocycles. The molecule has 0 aliphatic carbocycles. The molecule has 92 valence electrons. The summed E-state index contributed by atoms with van der Waals surface area (Å²) in [5, 5.41) is 3.16. The Balaban J connectivity index is 2.32. The first-order chi connectivity index (χ1) is 8.09. The van der Waals surface area contributed by atoms with Crippen LogP contribution in [0.5, 0.6) is 0 Å². The number of piperazine rings is 1. The van der Waals surface area contributed by atoms with Gasteiger partial charge in [-0.3, -0.25) is 4.79 Å². The van der Waals surface area contributed by atoms with Crippen LogP contribution in [-0.4, -0.2) is 36.6 Å². The molecule has 1 fully saturated rings. The highest BCUT2D eigenvalue weighted by Gasteiger charge is 2.28. The van der Waals surface area contributed by atoms with Crippen LogP contribution >= 0.6 is 15.9 Å². The number of amides is 1. The summed E-state index contributed by atoms with van der Waals surface area (Å²) in [7, 11) is 0. The molecule has 0 bridgehead atoms. The Kier molecular flexibility index (Phi) is 3.63. The molecule has 1 aromatic rings. The zero-order valence-corrected chi connectivity index (χ0v) is 11.2. The fourth-order valence-electron chi connectivity index (χ4n) is 1.95. The summed E-state index contributed by atoms with van der Waals surface area (Å²) in [5.74, 6) is 0.451. The first kappa shape index (κ1) is 12.3. The van der Waals surface area contributed by atoms with Gasteiger partial charge >= 0.3 is 0 Å². The number of primary amides is 1. The van der Waals surface area contributed by atoms with Gasteiger partial charge in [0.25, 0.3) is 0 Å². The number of aromatic nitrogens is 1. The van der Waals surface area contributed by atoms with Crippen molar-refractivity contribution in [3.05, 3.63) is 22.3 Å². The second-order valence-electron chi connectivity index (χ2n) is 4.13. The Morgan fingerprint density at radius 3 is 3.12 bits per heavy atom. The van der Waals surface area contributed by atoms with Crippen LogP contribution in [-0.2, 0) is 4.79 Å². The summed E-state index contributed by atoms with van der Waals surface area (Å²) in [6, 6.07) is 1.65. The number of anilines is 1. The smallest absolute Gasteiger partial charge is 0.241 e. The summed E-state index contributed by atoms with van der Waals surface area (Å²) >= 11 is 3.48. The molecule has 1 aliphatic rings. The van der Waals surface area contributed by atoms with E-state index in [0.717, 1.165) is 28.9 Å². The minimum absolute atomic E-state index is 0.327. The quantitative estimate of drug-likeness (QED) is 0.830. The van der Waals surface area contributed by atoms with Gasteiger partial charge in [0.15, 0.2) is 0 Å². The predicted octanol–water partition coefficient (Wildman–Crippen LogP) is 0.416. The van der Waals surface area contributed by atoms with Gasteiger partial charge in [-0.15, -0.1) is 0 Å². The van der Waals surface area contributed by atoms with Gasteiger partial charge in [-0.2, -0.15) is 0 Å². The largest absolute Gasteiger partial charge is 0.368 e. The molecule has 1 aromatic heterocycles. The van der Waals surface area contributed by atoms with Gasteiger partial charge in [0.2, 0.25) is 5.91 Å². The van der Waals surface area contributed by atoms with Crippen molar-refractivity contribution in [2.45, 2.75) is 13.0 Å². The number of pyridine rings is 1.